The second-order valence-corrected chi connectivity index (χ2v) is 6.75. The lowest BCUT2D eigenvalue weighted by Crippen LogP contribution is -2.51. The van der Waals surface area contributed by atoms with Gasteiger partial charge in [-0.3, -0.25) is 14.6 Å². The smallest absolute Gasteiger partial charge is 0.223 e. The maximum Gasteiger partial charge on any atom is 0.223 e. The molecular formula is C16H30IN5O2. The summed E-state index contributed by atoms with van der Waals surface area (Å²) in [5, 5.41) is 6.28. The molecule has 1 unspecified atom stereocenters. The molecule has 2 saturated heterocycles. The van der Waals surface area contributed by atoms with Crippen LogP contribution in [-0.2, 0) is 9.59 Å². The number of carbonyl (C=O) groups excluding carboxylic acids is 2. The molecule has 2 heterocycles. The fourth-order valence-electron chi connectivity index (χ4n) is 3.34. The Balaban J connectivity index is 0.00000288. The Morgan fingerprint density at radius 1 is 1.46 bits per heavy atom. The van der Waals surface area contributed by atoms with Gasteiger partial charge in [0.15, 0.2) is 5.96 Å². The van der Waals surface area contributed by atoms with Crippen LogP contribution in [0.1, 0.15) is 32.6 Å². The van der Waals surface area contributed by atoms with E-state index in [2.05, 4.69) is 20.5 Å². The summed E-state index contributed by atoms with van der Waals surface area (Å²) in [4.78, 5) is 31.7. The highest BCUT2D eigenvalue weighted by Crippen LogP contribution is 2.35. The highest BCUT2D eigenvalue weighted by Gasteiger charge is 2.42. The lowest BCUT2D eigenvalue weighted by atomic mass is 9.79. The standard InChI is InChI=1S/C16H29N5O2.HI/c1-4-17-15(18-8-6-14(23)20(2)3)21-9-5-7-16(12-21)10-13(22)19-11-16;/h4-12H2,1-3H3,(H,17,18)(H,19,22);1H. The Kier molecular flexibility index (Phi) is 8.24. The van der Waals surface area contributed by atoms with Crippen LogP contribution in [0.2, 0.25) is 0 Å². The quantitative estimate of drug-likeness (QED) is 0.374. The van der Waals surface area contributed by atoms with E-state index in [4.69, 9.17) is 0 Å². The highest BCUT2D eigenvalue weighted by molar-refractivity contribution is 14.0. The Bertz CT molecular complexity index is 483. The summed E-state index contributed by atoms with van der Waals surface area (Å²) in [5.41, 5.74) is 0.0466. The van der Waals surface area contributed by atoms with Crippen molar-refractivity contribution in [2.75, 3.05) is 46.8 Å². The summed E-state index contributed by atoms with van der Waals surface area (Å²) < 4.78 is 0. The molecule has 0 saturated carbocycles. The Morgan fingerprint density at radius 3 is 2.79 bits per heavy atom. The SMILES string of the molecule is CCNC(=NCCC(=O)N(C)C)N1CCCC2(CNC(=O)C2)C1.I. The van der Waals surface area contributed by atoms with Crippen molar-refractivity contribution in [3.8, 4) is 0 Å². The van der Waals surface area contributed by atoms with E-state index in [1.54, 1.807) is 19.0 Å². The first-order valence-electron chi connectivity index (χ1n) is 8.46. The molecule has 0 bridgehead atoms. The van der Waals surface area contributed by atoms with Crippen LogP contribution < -0.4 is 10.6 Å². The van der Waals surface area contributed by atoms with Crippen molar-refractivity contribution in [3.05, 3.63) is 0 Å². The first-order valence-corrected chi connectivity index (χ1v) is 8.46. The van der Waals surface area contributed by atoms with Gasteiger partial charge < -0.3 is 20.4 Å². The molecule has 1 spiro atoms. The maximum absolute atomic E-state index is 11.7. The van der Waals surface area contributed by atoms with Gasteiger partial charge in [0.2, 0.25) is 11.8 Å². The molecule has 0 aliphatic carbocycles. The first kappa shape index (κ1) is 21.0. The molecule has 138 valence electrons. The van der Waals surface area contributed by atoms with Crippen molar-refractivity contribution in [2.45, 2.75) is 32.6 Å². The number of hydrogen-bond acceptors (Lipinski definition) is 3. The zero-order valence-corrected chi connectivity index (χ0v) is 17.3. The van der Waals surface area contributed by atoms with Crippen molar-refractivity contribution in [1.82, 2.24) is 20.4 Å². The third kappa shape index (κ3) is 5.49. The fraction of sp³-hybridized carbons (Fsp3) is 0.812. The van der Waals surface area contributed by atoms with Crippen LogP contribution in [-0.4, -0.2) is 74.4 Å². The minimum Gasteiger partial charge on any atom is -0.357 e. The van der Waals surface area contributed by atoms with Gasteiger partial charge in [0, 0.05) is 58.5 Å². The summed E-state index contributed by atoms with van der Waals surface area (Å²) in [6, 6.07) is 0. The first-order chi connectivity index (χ1) is 11.0. The maximum atomic E-state index is 11.7. The number of amides is 2. The van der Waals surface area contributed by atoms with E-state index in [0.717, 1.165) is 45.0 Å². The van der Waals surface area contributed by atoms with E-state index >= 15 is 0 Å². The average Bonchev–Trinajstić information content (AvgIpc) is 2.86. The zero-order valence-electron chi connectivity index (χ0n) is 14.9. The number of nitrogens with one attached hydrogen (secondary N) is 2. The molecule has 24 heavy (non-hydrogen) atoms. The van der Waals surface area contributed by atoms with Crippen LogP contribution in [0.5, 0.6) is 0 Å². The second kappa shape index (κ2) is 9.43. The summed E-state index contributed by atoms with van der Waals surface area (Å²) in [6.07, 6.45) is 3.18. The van der Waals surface area contributed by atoms with Gasteiger partial charge in [-0.25, -0.2) is 0 Å². The zero-order chi connectivity index (χ0) is 16.9. The van der Waals surface area contributed by atoms with Crippen LogP contribution in [0.4, 0.5) is 0 Å². The predicted octanol–water partition coefficient (Wildman–Crippen LogP) is 0.650. The van der Waals surface area contributed by atoms with Gasteiger partial charge in [-0.2, -0.15) is 0 Å². The van der Waals surface area contributed by atoms with Crippen LogP contribution in [0.3, 0.4) is 0 Å². The molecule has 1 atom stereocenters. The van der Waals surface area contributed by atoms with E-state index in [0.29, 0.717) is 19.4 Å². The predicted molar refractivity (Wildman–Crippen MR) is 106 cm³/mol. The van der Waals surface area contributed by atoms with Crippen molar-refractivity contribution in [2.24, 2.45) is 10.4 Å². The average molecular weight is 451 g/mol. The van der Waals surface area contributed by atoms with E-state index in [9.17, 15) is 9.59 Å². The van der Waals surface area contributed by atoms with Crippen molar-refractivity contribution in [1.29, 1.82) is 0 Å². The number of guanidine groups is 1. The second-order valence-electron chi connectivity index (χ2n) is 6.75. The topological polar surface area (TPSA) is 77.0 Å². The largest absolute Gasteiger partial charge is 0.357 e. The van der Waals surface area contributed by atoms with Crippen LogP contribution in [0, 0.1) is 5.41 Å². The molecule has 7 nitrogen and oxygen atoms in total. The van der Waals surface area contributed by atoms with Gasteiger partial charge in [0.05, 0.1) is 6.54 Å². The van der Waals surface area contributed by atoms with Crippen LogP contribution in [0.15, 0.2) is 4.99 Å². The number of likely N-dealkylation sites (tertiary alicyclic amines) is 1. The van der Waals surface area contributed by atoms with Gasteiger partial charge in [0.25, 0.3) is 0 Å². The highest BCUT2D eigenvalue weighted by atomic mass is 127. The monoisotopic (exact) mass is 451 g/mol. The van der Waals surface area contributed by atoms with E-state index in [1.165, 1.54) is 0 Å². The molecule has 2 N–H and O–H groups in total. The number of aliphatic imine (C=N–C) groups is 1. The molecule has 2 aliphatic heterocycles. The molecule has 2 fully saturated rings. The van der Waals surface area contributed by atoms with Crippen molar-refractivity contribution < 1.29 is 9.59 Å². The number of halogens is 1. The van der Waals surface area contributed by atoms with Crippen molar-refractivity contribution in [3.63, 3.8) is 0 Å². The molecule has 0 radical (unpaired) electrons. The molecule has 2 rings (SSSR count). The van der Waals surface area contributed by atoms with Gasteiger partial charge in [-0.05, 0) is 19.8 Å². The minimum absolute atomic E-state index is 0. The van der Waals surface area contributed by atoms with Gasteiger partial charge >= 0.3 is 0 Å². The summed E-state index contributed by atoms with van der Waals surface area (Å²) >= 11 is 0. The van der Waals surface area contributed by atoms with E-state index in [-0.39, 0.29) is 41.2 Å². The third-order valence-corrected chi connectivity index (χ3v) is 4.58. The Hall–Kier alpha value is -1.06. The minimum atomic E-state index is 0. The number of carbonyl (C=O) groups is 2. The van der Waals surface area contributed by atoms with E-state index in [1.807, 2.05) is 6.92 Å². The molecule has 2 amide bonds. The fourth-order valence-corrected chi connectivity index (χ4v) is 3.34. The van der Waals surface area contributed by atoms with Crippen molar-refractivity contribution >= 4 is 41.8 Å². The number of nitrogens with zero attached hydrogens (tertiary/aromatic N) is 3. The normalized spacial score (nSPS) is 23.7. The van der Waals surface area contributed by atoms with E-state index < -0.39 is 0 Å². The molecule has 0 aromatic rings. The summed E-state index contributed by atoms with van der Waals surface area (Å²) in [6.45, 7) is 5.88. The molecule has 2 aliphatic rings. The number of piperidine rings is 1. The summed E-state index contributed by atoms with van der Waals surface area (Å²) in [7, 11) is 3.52. The van der Waals surface area contributed by atoms with Gasteiger partial charge in [0.1, 0.15) is 0 Å². The lowest BCUT2D eigenvalue weighted by molar-refractivity contribution is -0.128. The van der Waals surface area contributed by atoms with Crippen LogP contribution in [0.25, 0.3) is 0 Å². The molecular weight excluding hydrogens is 421 g/mol. The molecule has 0 aromatic carbocycles. The molecule has 0 aromatic heterocycles. The number of rotatable bonds is 4. The molecule has 8 heteroatoms. The Morgan fingerprint density at radius 2 is 2.21 bits per heavy atom. The third-order valence-electron chi connectivity index (χ3n) is 4.58. The number of hydrogen-bond donors (Lipinski definition) is 2. The van der Waals surface area contributed by atoms with Crippen LogP contribution >= 0.6 is 24.0 Å². The van der Waals surface area contributed by atoms with Gasteiger partial charge in [-0.1, -0.05) is 0 Å². The van der Waals surface area contributed by atoms with Gasteiger partial charge in [-0.15, -0.1) is 24.0 Å². The lowest BCUT2D eigenvalue weighted by Gasteiger charge is -2.40. The summed E-state index contributed by atoms with van der Waals surface area (Å²) in [5.74, 6) is 1.10. The Labute approximate surface area is 161 Å².